The number of carboxylic acid groups (broad SMARTS) is 2. The molecular weight excluding hydrogens is 498 g/mol. The van der Waals surface area contributed by atoms with Crippen LogP contribution in [0.15, 0.2) is 16.4 Å². The Kier molecular flexibility index (Phi) is 7.88. The first-order valence-corrected chi connectivity index (χ1v) is 12.5. The molecule has 3 atom stereocenters. The number of β-lactam (4-membered cyclic amide) rings is 1. The quantitative estimate of drug-likeness (QED) is 0.144. The van der Waals surface area contributed by atoms with Crippen molar-refractivity contribution in [1.29, 1.82) is 0 Å². The van der Waals surface area contributed by atoms with Gasteiger partial charge in [-0.3, -0.25) is 19.3 Å². The summed E-state index contributed by atoms with van der Waals surface area (Å²) < 4.78 is 6.82. The summed E-state index contributed by atoms with van der Waals surface area (Å²) in [6, 6.07) is -1.12. The Morgan fingerprint density at radius 3 is 2.73 bits per heavy atom. The lowest BCUT2D eigenvalue weighted by molar-refractivity contribution is -0.192. The van der Waals surface area contributed by atoms with Crippen molar-refractivity contribution in [3.8, 4) is 0 Å². The fraction of sp³-hybridized carbons (Fsp3) is 0.562. The summed E-state index contributed by atoms with van der Waals surface area (Å²) in [5.74, 6) is -3.32. The Balaban J connectivity index is 1.70. The second-order valence-corrected chi connectivity index (χ2v) is 9.96. The predicted molar refractivity (Wildman–Crippen MR) is 118 cm³/mol. The molecule has 0 aliphatic carbocycles. The zero-order chi connectivity index (χ0) is 24.3. The zero-order valence-electron chi connectivity index (χ0n) is 17.5. The Hall–Kier alpha value is -2.34. The molecule has 14 nitrogen and oxygen atoms in total. The highest BCUT2D eigenvalue weighted by atomic mass is 32.2. The van der Waals surface area contributed by atoms with E-state index in [-0.39, 0.29) is 28.7 Å². The lowest BCUT2D eigenvalue weighted by Gasteiger charge is -2.55. The summed E-state index contributed by atoms with van der Waals surface area (Å²) >= 11 is 3.50. The van der Waals surface area contributed by atoms with E-state index in [1.165, 1.54) is 35.3 Å². The standard InChI is InChI=1S/C16H21N7O7S3/c1-22-15(19-20-21-22)33-4-7-3-32-14-16(30-2,13(29)23(14)10(7)12(27)28)18-9(24)6-31-5-8(17)11(25)26/h8,14H,3-6,17H2,1-2H3,(H,18,24)(H,25,26)(H,27,28)/t8?,14-,16-/m0/s1. The summed E-state index contributed by atoms with van der Waals surface area (Å²) in [6.07, 6.45) is 0. The van der Waals surface area contributed by atoms with Gasteiger partial charge in [0.15, 0.2) is 0 Å². The van der Waals surface area contributed by atoms with Crippen LogP contribution < -0.4 is 11.1 Å². The van der Waals surface area contributed by atoms with Gasteiger partial charge in [0, 0.05) is 31.4 Å². The van der Waals surface area contributed by atoms with E-state index in [1.807, 2.05) is 0 Å². The number of ether oxygens (including phenoxy) is 1. The van der Waals surface area contributed by atoms with E-state index in [1.54, 1.807) is 7.05 Å². The maximum Gasteiger partial charge on any atom is 0.352 e. The van der Waals surface area contributed by atoms with E-state index < -0.39 is 40.9 Å². The molecule has 5 N–H and O–H groups in total. The zero-order valence-corrected chi connectivity index (χ0v) is 19.9. The molecule has 1 aromatic heterocycles. The fourth-order valence-electron chi connectivity index (χ4n) is 3.14. The molecule has 1 saturated heterocycles. The van der Waals surface area contributed by atoms with Crippen molar-refractivity contribution in [2.45, 2.75) is 22.3 Å². The number of methoxy groups -OCH3 is 1. The predicted octanol–water partition coefficient (Wildman–Crippen LogP) is -1.84. The highest BCUT2D eigenvalue weighted by molar-refractivity contribution is 8.01. The van der Waals surface area contributed by atoms with Crippen molar-refractivity contribution in [3.63, 3.8) is 0 Å². The first-order chi connectivity index (χ1) is 15.6. The van der Waals surface area contributed by atoms with Gasteiger partial charge in [0.05, 0.1) is 5.75 Å². The number of hydrogen-bond acceptors (Lipinski definition) is 12. The van der Waals surface area contributed by atoms with Crippen LogP contribution in [0.1, 0.15) is 0 Å². The number of tetrazole rings is 1. The Morgan fingerprint density at radius 2 is 2.15 bits per heavy atom. The van der Waals surface area contributed by atoms with E-state index in [2.05, 4.69) is 20.8 Å². The number of nitrogens with zero attached hydrogens (tertiary/aromatic N) is 5. The molecule has 33 heavy (non-hydrogen) atoms. The first kappa shape index (κ1) is 25.3. The highest BCUT2D eigenvalue weighted by Crippen LogP contribution is 2.47. The van der Waals surface area contributed by atoms with Gasteiger partial charge >= 0.3 is 11.9 Å². The van der Waals surface area contributed by atoms with Crippen LogP contribution in [-0.4, -0.2) is 106 Å². The van der Waals surface area contributed by atoms with Crippen molar-refractivity contribution >= 4 is 59.0 Å². The average Bonchev–Trinajstić information content (AvgIpc) is 3.19. The number of nitrogens with one attached hydrogen (secondary N) is 1. The second-order valence-electron chi connectivity index (χ2n) is 6.92. The van der Waals surface area contributed by atoms with Gasteiger partial charge in [-0.1, -0.05) is 11.8 Å². The largest absolute Gasteiger partial charge is 0.480 e. The van der Waals surface area contributed by atoms with Crippen LogP contribution in [0.25, 0.3) is 0 Å². The number of aliphatic carboxylic acids is 2. The van der Waals surface area contributed by atoms with Gasteiger partial charge in [-0.15, -0.1) is 28.6 Å². The van der Waals surface area contributed by atoms with Crippen LogP contribution in [0.3, 0.4) is 0 Å². The number of aromatic nitrogens is 4. The van der Waals surface area contributed by atoms with E-state index in [0.29, 0.717) is 10.7 Å². The Morgan fingerprint density at radius 1 is 1.42 bits per heavy atom. The number of aryl methyl sites for hydroxylation is 1. The summed E-state index contributed by atoms with van der Waals surface area (Å²) in [4.78, 5) is 49.3. The minimum atomic E-state index is -1.72. The summed E-state index contributed by atoms with van der Waals surface area (Å²) in [5.41, 5.74) is 4.05. The molecule has 0 saturated carbocycles. The molecule has 2 amide bonds. The lowest BCUT2D eigenvalue weighted by atomic mass is 9.98. The molecule has 3 rings (SSSR count). The average molecular weight is 520 g/mol. The molecule has 0 spiro atoms. The SMILES string of the molecule is CO[C@@]1(NC(=O)CSCC(N)C(=O)O)C(=O)N2C(C(=O)O)=C(CSc3nnnn3C)CS[C@H]21. The molecule has 17 heteroatoms. The lowest BCUT2D eigenvalue weighted by Crippen LogP contribution is -2.80. The number of nitrogens with two attached hydrogens (primary N) is 1. The van der Waals surface area contributed by atoms with E-state index >= 15 is 0 Å². The number of hydrogen-bond donors (Lipinski definition) is 4. The van der Waals surface area contributed by atoms with Crippen molar-refractivity contribution < 1.29 is 34.1 Å². The van der Waals surface area contributed by atoms with E-state index in [4.69, 9.17) is 15.6 Å². The molecule has 1 unspecified atom stereocenters. The molecule has 2 aliphatic rings. The van der Waals surface area contributed by atoms with Crippen LogP contribution in [0.4, 0.5) is 0 Å². The normalized spacial score (nSPS) is 23.1. The minimum absolute atomic E-state index is 0.00888. The maximum absolute atomic E-state index is 13.0. The Labute approximate surface area is 200 Å². The van der Waals surface area contributed by atoms with Gasteiger partial charge in [-0.2, -0.15) is 0 Å². The summed E-state index contributed by atoms with van der Waals surface area (Å²) in [6.45, 7) is 0. The van der Waals surface area contributed by atoms with Crippen LogP contribution in [-0.2, 0) is 31.0 Å². The van der Waals surface area contributed by atoms with Crippen LogP contribution >= 0.6 is 35.3 Å². The molecular formula is C16H21N7O7S3. The van der Waals surface area contributed by atoms with Crippen LogP contribution in [0.2, 0.25) is 0 Å². The molecule has 0 aromatic carbocycles. The summed E-state index contributed by atoms with van der Waals surface area (Å²) in [5, 5.41) is 31.9. The van der Waals surface area contributed by atoms with Gasteiger partial charge < -0.3 is 26.0 Å². The van der Waals surface area contributed by atoms with Gasteiger partial charge in [0.2, 0.25) is 11.1 Å². The van der Waals surface area contributed by atoms with Gasteiger partial charge in [-0.25, -0.2) is 9.48 Å². The van der Waals surface area contributed by atoms with Gasteiger partial charge in [-0.05, 0) is 16.0 Å². The van der Waals surface area contributed by atoms with E-state index in [0.717, 1.165) is 16.7 Å². The first-order valence-electron chi connectivity index (χ1n) is 9.30. The van der Waals surface area contributed by atoms with Crippen molar-refractivity contribution in [3.05, 3.63) is 11.3 Å². The number of carbonyl (C=O) groups is 4. The van der Waals surface area contributed by atoms with Crippen LogP contribution in [0, 0.1) is 0 Å². The van der Waals surface area contributed by atoms with Crippen molar-refractivity contribution in [2.24, 2.45) is 12.8 Å². The third kappa shape index (κ3) is 4.96. The topological polar surface area (TPSA) is 203 Å². The molecule has 1 fully saturated rings. The number of amides is 2. The monoisotopic (exact) mass is 519 g/mol. The number of carbonyl (C=O) groups excluding carboxylic acids is 2. The maximum atomic E-state index is 13.0. The van der Waals surface area contributed by atoms with Crippen LogP contribution in [0.5, 0.6) is 0 Å². The van der Waals surface area contributed by atoms with Crippen molar-refractivity contribution in [1.82, 2.24) is 30.4 Å². The highest BCUT2D eigenvalue weighted by Gasteiger charge is 2.66. The molecule has 0 radical (unpaired) electrons. The van der Waals surface area contributed by atoms with E-state index in [9.17, 15) is 24.3 Å². The smallest absolute Gasteiger partial charge is 0.352 e. The minimum Gasteiger partial charge on any atom is -0.480 e. The molecule has 3 heterocycles. The summed E-state index contributed by atoms with van der Waals surface area (Å²) in [7, 11) is 2.91. The third-order valence-corrected chi connectivity index (χ3v) is 8.30. The van der Waals surface area contributed by atoms with Gasteiger partial charge in [0.1, 0.15) is 17.1 Å². The number of carboxylic acids is 2. The molecule has 0 bridgehead atoms. The molecule has 180 valence electrons. The molecule has 2 aliphatic heterocycles. The Bertz CT molecular complexity index is 1000. The number of rotatable bonds is 11. The fourth-order valence-corrected chi connectivity index (χ4v) is 6.34. The van der Waals surface area contributed by atoms with Gasteiger partial charge in [0.25, 0.3) is 11.6 Å². The third-order valence-electron chi connectivity index (χ3n) is 4.76. The number of fused-ring (bicyclic) bond motifs is 1. The molecule has 1 aromatic rings. The second kappa shape index (κ2) is 10.3. The van der Waals surface area contributed by atoms with Crippen molar-refractivity contribution in [2.75, 3.05) is 30.1 Å². The number of thioether (sulfide) groups is 3.